The van der Waals surface area contributed by atoms with E-state index in [1.54, 1.807) is 12.3 Å². The molecule has 0 unspecified atom stereocenters. The summed E-state index contributed by atoms with van der Waals surface area (Å²) in [5, 5.41) is 11.3. The van der Waals surface area contributed by atoms with Crippen molar-refractivity contribution in [2.75, 3.05) is 0 Å². The van der Waals surface area contributed by atoms with Gasteiger partial charge in [0.2, 0.25) is 5.88 Å². The van der Waals surface area contributed by atoms with Crippen molar-refractivity contribution < 1.29 is 5.11 Å². The smallest absolute Gasteiger partial charge is 0.270 e. The third-order valence-corrected chi connectivity index (χ3v) is 6.25. The molecule has 0 saturated heterocycles. The van der Waals surface area contributed by atoms with E-state index in [-0.39, 0.29) is 16.2 Å². The minimum Gasteiger partial charge on any atom is -0.494 e. The van der Waals surface area contributed by atoms with Crippen LogP contribution in [0.15, 0.2) is 82.6 Å². The second-order valence-electron chi connectivity index (χ2n) is 7.97. The number of allylic oxidation sites excluding steroid dienone is 1. The average Bonchev–Trinajstić information content (AvgIpc) is 3.23. The molecule has 5 rings (SSSR count). The monoisotopic (exact) mass is 451 g/mol. The Morgan fingerprint density at radius 1 is 0.879 bits per heavy atom. The molecule has 3 aromatic carbocycles. The highest BCUT2D eigenvalue weighted by atomic mass is 32.1. The zero-order chi connectivity index (χ0) is 23.1. The molecule has 0 amide bonds. The van der Waals surface area contributed by atoms with E-state index in [1.165, 1.54) is 9.13 Å². The Hall–Kier alpha value is -4.03. The van der Waals surface area contributed by atoms with Crippen LogP contribution in [0, 0.1) is 18.6 Å². The van der Waals surface area contributed by atoms with Gasteiger partial charge in [0, 0.05) is 17.4 Å². The molecule has 6 heteroatoms. The van der Waals surface area contributed by atoms with Gasteiger partial charge < -0.3 is 5.11 Å². The molecule has 0 aliphatic carbocycles. The van der Waals surface area contributed by atoms with Gasteiger partial charge in [-0.3, -0.25) is 18.9 Å². The van der Waals surface area contributed by atoms with Crippen LogP contribution in [-0.2, 0) is 0 Å². The topological polar surface area (TPSA) is 59.5 Å². The van der Waals surface area contributed by atoms with Crippen molar-refractivity contribution in [1.29, 1.82) is 0 Å². The van der Waals surface area contributed by atoms with Gasteiger partial charge in [0.25, 0.3) is 5.56 Å². The molecule has 1 aromatic heterocycles. The summed E-state index contributed by atoms with van der Waals surface area (Å²) in [7, 11) is 0. The average molecular weight is 452 g/mol. The first-order valence-corrected chi connectivity index (χ1v) is 11.0. The molecule has 0 atom stereocenters. The number of aromatic nitrogens is 2. The Morgan fingerprint density at radius 2 is 1.61 bits per heavy atom. The van der Waals surface area contributed by atoms with Gasteiger partial charge in [-0.25, -0.2) is 0 Å². The molecule has 5 nitrogen and oxygen atoms in total. The molecule has 0 spiro atoms. The Bertz CT molecular complexity index is 1580. The lowest BCUT2D eigenvalue weighted by Gasteiger charge is -2.17. The van der Waals surface area contributed by atoms with Gasteiger partial charge in [0.15, 0.2) is 4.77 Å². The van der Waals surface area contributed by atoms with E-state index in [2.05, 4.69) is 4.99 Å². The number of hydrogen-bond acceptors (Lipinski definition) is 4. The molecule has 1 aliphatic rings. The molecule has 2 heterocycles. The molecule has 0 fully saturated rings. The quantitative estimate of drug-likeness (QED) is 0.392. The highest BCUT2D eigenvalue weighted by Gasteiger charge is 2.20. The van der Waals surface area contributed by atoms with Crippen molar-refractivity contribution in [2.24, 2.45) is 4.99 Å². The van der Waals surface area contributed by atoms with E-state index in [0.29, 0.717) is 11.4 Å². The second-order valence-corrected chi connectivity index (χ2v) is 8.34. The van der Waals surface area contributed by atoms with Crippen molar-refractivity contribution in [1.82, 2.24) is 9.13 Å². The number of nitrogens with zero attached hydrogens (tertiary/aromatic N) is 3. The van der Waals surface area contributed by atoms with Crippen molar-refractivity contribution >= 4 is 35.8 Å². The predicted octanol–water partition coefficient (Wildman–Crippen LogP) is 5.94. The first-order chi connectivity index (χ1) is 16.0. The summed E-state index contributed by atoms with van der Waals surface area (Å²) in [6.45, 7) is 4.01. The van der Waals surface area contributed by atoms with Crippen LogP contribution in [0.1, 0.15) is 22.3 Å². The van der Waals surface area contributed by atoms with Crippen LogP contribution in [0.2, 0.25) is 0 Å². The van der Waals surface area contributed by atoms with E-state index in [0.717, 1.165) is 28.0 Å². The number of para-hydroxylation sites is 2. The Balaban J connectivity index is 1.84. The summed E-state index contributed by atoms with van der Waals surface area (Å²) in [5.41, 5.74) is 5.72. The molecule has 1 N–H and O–H groups in total. The van der Waals surface area contributed by atoms with Gasteiger partial charge >= 0.3 is 0 Å². The van der Waals surface area contributed by atoms with Crippen LogP contribution in [-0.4, -0.2) is 20.5 Å². The minimum absolute atomic E-state index is 0.142. The minimum atomic E-state index is -0.391. The molecule has 4 aromatic rings. The number of aromatic hydroxyl groups is 1. The largest absolute Gasteiger partial charge is 0.494 e. The van der Waals surface area contributed by atoms with Crippen LogP contribution >= 0.6 is 12.2 Å². The lowest BCUT2D eigenvalue weighted by Crippen LogP contribution is -2.26. The fraction of sp³-hybridized carbons (Fsp3) is 0.0741. The SMILES string of the molecule is Cc1ccc(-n2c(=O)c(/C=C3\C=Nc4ccccc43)c(O)n(-c3ccccc3)c2=S)cc1C. The Morgan fingerprint density at radius 3 is 2.36 bits per heavy atom. The van der Waals surface area contributed by atoms with Crippen LogP contribution < -0.4 is 5.56 Å². The third kappa shape index (κ3) is 3.54. The van der Waals surface area contributed by atoms with Gasteiger partial charge in [-0.1, -0.05) is 42.5 Å². The number of benzene rings is 3. The molecule has 0 radical (unpaired) electrons. The van der Waals surface area contributed by atoms with Crippen molar-refractivity contribution in [3.63, 3.8) is 0 Å². The molecular formula is C27H21N3O2S. The van der Waals surface area contributed by atoms with Crippen molar-refractivity contribution in [3.8, 4) is 17.3 Å². The van der Waals surface area contributed by atoms with Gasteiger partial charge in [-0.05, 0) is 73.6 Å². The summed E-state index contributed by atoms with van der Waals surface area (Å²) in [6, 6.07) is 22.8. The van der Waals surface area contributed by atoms with Crippen LogP contribution in [0.5, 0.6) is 5.88 Å². The second kappa shape index (κ2) is 8.15. The molecule has 33 heavy (non-hydrogen) atoms. The first kappa shape index (κ1) is 20.8. The van der Waals surface area contributed by atoms with E-state index in [9.17, 15) is 9.90 Å². The molecule has 0 bridgehead atoms. The number of aryl methyl sites for hydroxylation is 2. The summed E-state index contributed by atoms with van der Waals surface area (Å²) < 4.78 is 3.18. The Labute approximate surface area is 196 Å². The number of aliphatic imine (C=N–C) groups is 1. The summed E-state index contributed by atoms with van der Waals surface area (Å²) in [5.74, 6) is -0.207. The van der Waals surface area contributed by atoms with Gasteiger partial charge in [-0.2, -0.15) is 0 Å². The summed E-state index contributed by atoms with van der Waals surface area (Å²) in [4.78, 5) is 18.1. The standard InChI is InChI=1S/C27H21N3O2S/c1-17-12-13-21(14-18(17)2)30-26(32)23(15-19-16-28-24-11-7-6-10-22(19)24)25(31)29(27(30)33)20-8-4-3-5-9-20/h3-16,31H,1-2H3/b19-15+. The lowest BCUT2D eigenvalue weighted by atomic mass is 10.0. The predicted molar refractivity (Wildman–Crippen MR) is 136 cm³/mol. The van der Waals surface area contributed by atoms with Gasteiger partial charge in [0.05, 0.1) is 17.1 Å². The third-order valence-electron chi connectivity index (χ3n) is 5.89. The highest BCUT2D eigenvalue weighted by molar-refractivity contribution is 7.71. The zero-order valence-corrected chi connectivity index (χ0v) is 19.0. The number of fused-ring (bicyclic) bond motifs is 1. The molecule has 0 saturated carbocycles. The molecule has 162 valence electrons. The number of rotatable bonds is 3. The fourth-order valence-electron chi connectivity index (χ4n) is 3.95. The highest BCUT2D eigenvalue weighted by Crippen LogP contribution is 2.33. The van der Waals surface area contributed by atoms with Gasteiger partial charge in [-0.15, -0.1) is 0 Å². The normalized spacial score (nSPS) is 13.5. The number of hydrogen-bond donors (Lipinski definition) is 1. The van der Waals surface area contributed by atoms with E-state index in [1.807, 2.05) is 86.6 Å². The summed E-state index contributed by atoms with van der Waals surface area (Å²) >= 11 is 5.73. The maximum Gasteiger partial charge on any atom is 0.270 e. The van der Waals surface area contributed by atoms with E-state index >= 15 is 0 Å². The van der Waals surface area contributed by atoms with E-state index < -0.39 is 5.56 Å². The summed E-state index contributed by atoms with van der Waals surface area (Å²) in [6.07, 6.45) is 3.39. The Kier molecular flexibility index (Phi) is 5.15. The first-order valence-electron chi connectivity index (χ1n) is 10.5. The van der Waals surface area contributed by atoms with Crippen molar-refractivity contribution in [3.05, 3.63) is 110 Å². The van der Waals surface area contributed by atoms with E-state index in [4.69, 9.17) is 12.2 Å². The van der Waals surface area contributed by atoms with Crippen LogP contribution in [0.4, 0.5) is 5.69 Å². The van der Waals surface area contributed by atoms with Crippen LogP contribution in [0.3, 0.4) is 0 Å². The van der Waals surface area contributed by atoms with Crippen LogP contribution in [0.25, 0.3) is 23.0 Å². The fourth-order valence-corrected chi connectivity index (χ4v) is 4.33. The van der Waals surface area contributed by atoms with Gasteiger partial charge in [0.1, 0.15) is 5.56 Å². The maximum atomic E-state index is 13.7. The van der Waals surface area contributed by atoms with Crippen molar-refractivity contribution in [2.45, 2.75) is 13.8 Å². The lowest BCUT2D eigenvalue weighted by molar-refractivity contribution is 0.429. The molecular weight excluding hydrogens is 430 g/mol. The maximum absolute atomic E-state index is 13.7. The molecule has 1 aliphatic heterocycles. The zero-order valence-electron chi connectivity index (χ0n) is 18.2.